The van der Waals surface area contributed by atoms with Crippen LogP contribution < -0.4 is 4.57 Å². The average molecular weight is 246 g/mol. The highest BCUT2D eigenvalue weighted by atomic mass is 16.3. The zero-order chi connectivity index (χ0) is 13.4. The Morgan fingerprint density at radius 3 is 2.22 bits per heavy atom. The lowest BCUT2D eigenvalue weighted by molar-refractivity contribution is -0.697. The van der Waals surface area contributed by atoms with E-state index < -0.39 is 0 Å². The van der Waals surface area contributed by atoms with Gasteiger partial charge in [0.2, 0.25) is 11.3 Å². The van der Waals surface area contributed by atoms with Crippen molar-refractivity contribution in [2.45, 2.75) is 39.7 Å². The van der Waals surface area contributed by atoms with Gasteiger partial charge in [-0.25, -0.2) is 0 Å². The Bertz CT molecular complexity index is 589. The van der Waals surface area contributed by atoms with Crippen LogP contribution in [0.1, 0.15) is 45.2 Å². The van der Waals surface area contributed by atoms with Crippen molar-refractivity contribution in [3.63, 3.8) is 0 Å². The first kappa shape index (κ1) is 12.7. The van der Waals surface area contributed by atoms with Gasteiger partial charge < -0.3 is 10.2 Å². The highest BCUT2D eigenvalue weighted by Crippen LogP contribution is 2.28. The lowest BCUT2D eigenvalue weighted by atomic mass is 10.0. The van der Waals surface area contributed by atoms with Crippen LogP contribution in [0.25, 0.3) is 10.9 Å². The summed E-state index contributed by atoms with van der Waals surface area (Å²) in [4.78, 5) is 0. The van der Waals surface area contributed by atoms with Crippen LogP contribution >= 0.6 is 0 Å². The Balaban J connectivity index is 2.79. The zero-order valence-electron chi connectivity index (χ0n) is 11.3. The number of pyridine rings is 1. The molecule has 0 amide bonds. The largest absolute Gasteiger partial charge is 0.500 e. The van der Waals surface area contributed by atoms with Gasteiger partial charge in [-0.3, -0.25) is 0 Å². The number of benzene rings is 1. The average Bonchev–Trinajstić information content (AvgIpc) is 2.29. The van der Waals surface area contributed by atoms with Gasteiger partial charge >= 0.3 is 5.88 Å². The second kappa shape index (κ2) is 4.48. The summed E-state index contributed by atoms with van der Waals surface area (Å²) >= 11 is 0. The summed E-state index contributed by atoms with van der Waals surface area (Å²) in [6, 6.07) is 7.85. The van der Waals surface area contributed by atoms with E-state index in [2.05, 4.69) is 26.0 Å². The molecular weight excluding hydrogens is 226 g/mol. The van der Waals surface area contributed by atoms with E-state index in [1.54, 1.807) is 10.6 Å². The molecule has 96 valence electrons. The molecule has 0 fully saturated rings. The molecule has 1 heterocycles. The minimum absolute atomic E-state index is 0.0721. The molecule has 0 aliphatic rings. The fourth-order valence-electron chi connectivity index (χ4n) is 2.24. The van der Waals surface area contributed by atoms with Crippen LogP contribution in [0.3, 0.4) is 0 Å². The second-order valence-electron chi connectivity index (χ2n) is 5.29. The van der Waals surface area contributed by atoms with Gasteiger partial charge in [0.15, 0.2) is 6.04 Å². The minimum Gasteiger partial charge on any atom is -0.500 e. The van der Waals surface area contributed by atoms with Crippen molar-refractivity contribution < 1.29 is 14.8 Å². The van der Waals surface area contributed by atoms with E-state index in [0.717, 1.165) is 10.9 Å². The Labute approximate surface area is 107 Å². The second-order valence-corrected chi connectivity index (χ2v) is 5.29. The van der Waals surface area contributed by atoms with E-state index in [-0.39, 0.29) is 17.7 Å². The van der Waals surface area contributed by atoms with Crippen LogP contribution in [0.15, 0.2) is 24.3 Å². The van der Waals surface area contributed by atoms with Crippen LogP contribution in [0.2, 0.25) is 0 Å². The first-order valence-electron chi connectivity index (χ1n) is 6.32. The topological polar surface area (TPSA) is 44.3 Å². The van der Waals surface area contributed by atoms with Crippen LogP contribution in [0.4, 0.5) is 0 Å². The lowest BCUT2D eigenvalue weighted by Crippen LogP contribution is -2.37. The van der Waals surface area contributed by atoms with E-state index in [9.17, 15) is 10.2 Å². The van der Waals surface area contributed by atoms with E-state index in [4.69, 9.17) is 0 Å². The molecule has 18 heavy (non-hydrogen) atoms. The third kappa shape index (κ3) is 2.01. The summed E-state index contributed by atoms with van der Waals surface area (Å²) in [6.45, 7) is 8.24. The summed E-state index contributed by atoms with van der Waals surface area (Å²) in [7, 11) is 0. The molecule has 0 aliphatic heterocycles. The molecule has 0 radical (unpaired) electrons. The summed E-state index contributed by atoms with van der Waals surface area (Å²) < 4.78 is 1.74. The maximum absolute atomic E-state index is 9.96. The van der Waals surface area contributed by atoms with Crippen molar-refractivity contribution in [1.29, 1.82) is 0 Å². The van der Waals surface area contributed by atoms with Gasteiger partial charge in [-0.05, 0) is 31.4 Å². The maximum atomic E-state index is 9.96. The van der Waals surface area contributed by atoms with Crippen molar-refractivity contribution in [3.05, 3.63) is 29.8 Å². The fourth-order valence-corrected chi connectivity index (χ4v) is 2.24. The number of rotatable bonds is 2. The molecule has 2 aromatic rings. The molecule has 0 aliphatic carbocycles. The molecule has 0 bridgehead atoms. The van der Waals surface area contributed by atoms with Gasteiger partial charge in [0.05, 0.1) is 5.39 Å². The molecule has 0 unspecified atom stereocenters. The molecule has 3 nitrogen and oxygen atoms in total. The summed E-state index contributed by atoms with van der Waals surface area (Å²) in [5.74, 6) is 0.296. The molecule has 0 saturated heterocycles. The zero-order valence-corrected chi connectivity index (χ0v) is 11.3. The van der Waals surface area contributed by atoms with Crippen molar-refractivity contribution >= 4 is 10.9 Å². The molecule has 3 heteroatoms. The number of fused-ring (bicyclic) bond motifs is 1. The predicted octanol–water partition coefficient (Wildman–Crippen LogP) is 3.24. The Hall–Kier alpha value is -1.77. The molecule has 2 rings (SSSR count). The van der Waals surface area contributed by atoms with Gasteiger partial charge in [-0.15, -0.1) is 0 Å². The highest BCUT2D eigenvalue weighted by molar-refractivity contribution is 5.78. The van der Waals surface area contributed by atoms with Crippen molar-refractivity contribution in [2.75, 3.05) is 0 Å². The third-order valence-electron chi connectivity index (χ3n) is 3.24. The van der Waals surface area contributed by atoms with E-state index in [1.807, 2.05) is 19.9 Å². The van der Waals surface area contributed by atoms with Crippen LogP contribution in [0.5, 0.6) is 11.6 Å². The number of hydrogen-bond donors (Lipinski definition) is 2. The predicted molar refractivity (Wildman–Crippen MR) is 71.9 cm³/mol. The molecule has 1 aromatic carbocycles. The SMILES string of the molecule is CC(C)c1ccc2c(c1)cc(O)c(O)[n+]2C(C)C. The van der Waals surface area contributed by atoms with E-state index >= 15 is 0 Å². The normalized spacial score (nSPS) is 11.7. The Morgan fingerprint density at radius 2 is 1.67 bits per heavy atom. The number of nitrogens with zero attached hydrogens (tertiary/aromatic N) is 1. The van der Waals surface area contributed by atoms with Gasteiger partial charge in [-0.2, -0.15) is 4.57 Å². The van der Waals surface area contributed by atoms with Crippen molar-refractivity contribution in [2.24, 2.45) is 0 Å². The Kier molecular flexibility index (Phi) is 3.16. The number of aromatic hydroxyl groups is 2. The van der Waals surface area contributed by atoms with Crippen LogP contribution in [-0.4, -0.2) is 10.2 Å². The monoisotopic (exact) mass is 246 g/mol. The molecule has 0 atom stereocenters. The standard InChI is InChI=1S/C15H19NO2/c1-9(2)11-5-6-13-12(7-11)8-14(17)15(18)16(13)10(3)4/h5-10,17H,1-4H3/p+1. The fraction of sp³-hybridized carbons (Fsp3) is 0.400. The summed E-state index contributed by atoms with van der Waals surface area (Å²) in [5, 5.41) is 20.7. The first-order valence-corrected chi connectivity index (χ1v) is 6.32. The van der Waals surface area contributed by atoms with Crippen molar-refractivity contribution in [1.82, 2.24) is 0 Å². The number of aromatic nitrogens is 1. The first-order chi connectivity index (χ1) is 8.41. The highest BCUT2D eigenvalue weighted by Gasteiger charge is 2.23. The number of hydrogen-bond acceptors (Lipinski definition) is 2. The lowest BCUT2D eigenvalue weighted by Gasteiger charge is -2.10. The van der Waals surface area contributed by atoms with Gasteiger partial charge in [0.25, 0.3) is 0 Å². The smallest absolute Gasteiger partial charge is 0.409 e. The molecule has 2 N–H and O–H groups in total. The molecule has 0 saturated carbocycles. The minimum atomic E-state index is -0.0743. The molecule has 0 spiro atoms. The summed E-state index contributed by atoms with van der Waals surface area (Å²) in [5.41, 5.74) is 2.16. The molecular formula is C15H20NO2+. The van der Waals surface area contributed by atoms with Gasteiger partial charge in [0.1, 0.15) is 0 Å². The maximum Gasteiger partial charge on any atom is 0.409 e. The third-order valence-corrected chi connectivity index (χ3v) is 3.24. The van der Waals surface area contributed by atoms with Gasteiger partial charge in [-0.1, -0.05) is 19.9 Å². The van der Waals surface area contributed by atoms with Crippen molar-refractivity contribution in [3.8, 4) is 11.6 Å². The van der Waals surface area contributed by atoms with Gasteiger partial charge in [0, 0.05) is 12.1 Å². The van der Waals surface area contributed by atoms with E-state index in [0.29, 0.717) is 5.92 Å². The quantitative estimate of drug-likeness (QED) is 0.799. The van der Waals surface area contributed by atoms with Crippen LogP contribution in [0, 0.1) is 0 Å². The van der Waals surface area contributed by atoms with E-state index in [1.165, 1.54) is 5.56 Å². The Morgan fingerprint density at radius 1 is 1.00 bits per heavy atom. The molecule has 1 aromatic heterocycles. The van der Waals surface area contributed by atoms with Crippen LogP contribution in [-0.2, 0) is 0 Å². The summed E-state index contributed by atoms with van der Waals surface area (Å²) in [6.07, 6.45) is 0.